The molecule has 0 aromatic rings. The Hall–Kier alpha value is -1.22. The summed E-state index contributed by atoms with van der Waals surface area (Å²) in [4.78, 5) is 22.3. The number of hydrogen-bond donors (Lipinski definition) is 2. The molecule has 18 heavy (non-hydrogen) atoms. The van der Waals surface area contributed by atoms with Gasteiger partial charge in [0.1, 0.15) is 13.2 Å². The molecule has 0 aromatic carbocycles. The molecule has 0 atom stereocenters. The number of ether oxygens (including phenoxy) is 2. The molecule has 0 heterocycles. The van der Waals surface area contributed by atoms with Crippen LogP contribution in [-0.4, -0.2) is 61.3 Å². The summed E-state index contributed by atoms with van der Waals surface area (Å²) in [6.45, 7) is 5.82. The molecule has 0 aliphatic heterocycles. The molecule has 0 aliphatic rings. The lowest BCUT2D eigenvalue weighted by molar-refractivity contribution is -0.168. The van der Waals surface area contributed by atoms with E-state index in [9.17, 15) is 9.59 Å². The van der Waals surface area contributed by atoms with E-state index in [1.165, 1.54) is 10.0 Å². The van der Waals surface area contributed by atoms with Crippen LogP contribution in [0.4, 0.5) is 0 Å². The Labute approximate surface area is 107 Å². The number of esters is 2. The molecule has 0 unspecified atom stereocenters. The Kier molecular flexibility index (Phi) is 9.11. The molecule has 0 aliphatic carbocycles. The predicted octanol–water partition coefficient (Wildman–Crippen LogP) is -1.54. The normalized spacial score (nSPS) is 10.8. The van der Waals surface area contributed by atoms with Gasteiger partial charge in [-0.1, -0.05) is 13.8 Å². The fourth-order valence-corrected chi connectivity index (χ4v) is 0.945. The van der Waals surface area contributed by atoms with Crippen molar-refractivity contribution in [3.8, 4) is 0 Å². The monoisotopic (exact) mass is 262 g/mol. The molecule has 8 nitrogen and oxygen atoms in total. The van der Waals surface area contributed by atoms with Crippen molar-refractivity contribution in [2.24, 2.45) is 11.7 Å². The van der Waals surface area contributed by atoms with Crippen molar-refractivity contribution in [1.82, 2.24) is 10.0 Å². The van der Waals surface area contributed by atoms with Crippen LogP contribution in [0.1, 0.15) is 13.8 Å². The van der Waals surface area contributed by atoms with Crippen LogP contribution < -0.4 is 11.7 Å². The first-order valence-corrected chi connectivity index (χ1v) is 5.84. The molecule has 0 rings (SSSR count). The molecule has 8 heteroatoms. The van der Waals surface area contributed by atoms with Crippen LogP contribution >= 0.6 is 0 Å². The van der Waals surface area contributed by atoms with E-state index < -0.39 is 11.9 Å². The van der Waals surface area contributed by atoms with Crippen LogP contribution in [0, 0.1) is 0 Å². The molecule has 0 spiro atoms. The van der Waals surface area contributed by atoms with E-state index in [0.29, 0.717) is 26.2 Å². The highest BCUT2D eigenvalue weighted by Gasteiger charge is 2.17. The maximum Gasteiger partial charge on any atom is 0.417 e. The third kappa shape index (κ3) is 7.96. The van der Waals surface area contributed by atoms with Crippen molar-refractivity contribution in [3.05, 3.63) is 0 Å². The minimum atomic E-state index is -1.01. The maximum absolute atomic E-state index is 11.2. The SMILES string of the molecule is CCN(N)CCOC(=O)C(=O)OCCN(N)CC. The zero-order chi connectivity index (χ0) is 14.0. The second kappa shape index (κ2) is 9.77. The summed E-state index contributed by atoms with van der Waals surface area (Å²) in [5.41, 5.74) is 0. The summed E-state index contributed by atoms with van der Waals surface area (Å²) in [6, 6.07) is 0. The summed E-state index contributed by atoms with van der Waals surface area (Å²) in [7, 11) is 0. The van der Waals surface area contributed by atoms with Gasteiger partial charge in [-0.25, -0.2) is 19.6 Å². The first kappa shape index (κ1) is 16.8. The molecular formula is C10H22N4O4. The van der Waals surface area contributed by atoms with E-state index in [4.69, 9.17) is 11.7 Å². The Balaban J connectivity index is 3.67. The van der Waals surface area contributed by atoms with E-state index in [1.54, 1.807) is 0 Å². The first-order chi connectivity index (χ1) is 8.51. The minimum absolute atomic E-state index is 0.0518. The lowest BCUT2D eigenvalue weighted by atomic mass is 10.6. The number of rotatable bonds is 8. The number of nitrogens with zero attached hydrogens (tertiary/aromatic N) is 2. The topological polar surface area (TPSA) is 111 Å². The van der Waals surface area contributed by atoms with Gasteiger partial charge in [-0.15, -0.1) is 0 Å². The highest BCUT2D eigenvalue weighted by molar-refractivity contribution is 6.29. The second-order valence-corrected chi connectivity index (χ2v) is 3.53. The van der Waals surface area contributed by atoms with Gasteiger partial charge in [-0.3, -0.25) is 11.7 Å². The van der Waals surface area contributed by atoms with Crippen molar-refractivity contribution < 1.29 is 19.1 Å². The molecule has 0 bridgehead atoms. The number of hydrogen-bond acceptors (Lipinski definition) is 8. The third-order valence-corrected chi connectivity index (χ3v) is 2.20. The van der Waals surface area contributed by atoms with Gasteiger partial charge in [-0.2, -0.15) is 0 Å². The molecule has 0 fully saturated rings. The molecular weight excluding hydrogens is 240 g/mol. The summed E-state index contributed by atoms with van der Waals surface area (Å²) in [5, 5.41) is 2.93. The fraction of sp³-hybridized carbons (Fsp3) is 0.800. The standard InChI is InChI=1S/C10H22N4O4/c1-3-13(11)5-7-17-9(15)10(16)18-8-6-14(12)4-2/h3-8,11-12H2,1-2H3. The van der Waals surface area contributed by atoms with Crippen LogP contribution in [0.5, 0.6) is 0 Å². The van der Waals surface area contributed by atoms with Crippen LogP contribution in [0.25, 0.3) is 0 Å². The smallest absolute Gasteiger partial charge is 0.417 e. The van der Waals surface area contributed by atoms with Crippen LogP contribution in [-0.2, 0) is 19.1 Å². The van der Waals surface area contributed by atoms with Gasteiger partial charge in [0.2, 0.25) is 0 Å². The van der Waals surface area contributed by atoms with Gasteiger partial charge < -0.3 is 9.47 Å². The molecule has 4 N–H and O–H groups in total. The van der Waals surface area contributed by atoms with Crippen LogP contribution in [0.2, 0.25) is 0 Å². The largest absolute Gasteiger partial charge is 0.456 e. The Morgan fingerprint density at radius 3 is 1.50 bits per heavy atom. The molecule has 0 saturated carbocycles. The quantitative estimate of drug-likeness (QED) is 0.234. The number of carbonyl (C=O) groups excluding carboxylic acids is 2. The summed E-state index contributed by atoms with van der Waals surface area (Å²) in [6.07, 6.45) is 0. The van der Waals surface area contributed by atoms with Crippen molar-refractivity contribution in [2.75, 3.05) is 39.4 Å². The van der Waals surface area contributed by atoms with Gasteiger partial charge >= 0.3 is 11.9 Å². The average Bonchev–Trinajstić information content (AvgIpc) is 2.37. The highest BCUT2D eigenvalue weighted by Crippen LogP contribution is 1.87. The van der Waals surface area contributed by atoms with Gasteiger partial charge in [0.05, 0.1) is 0 Å². The van der Waals surface area contributed by atoms with Gasteiger partial charge in [0, 0.05) is 26.2 Å². The van der Waals surface area contributed by atoms with E-state index >= 15 is 0 Å². The zero-order valence-electron chi connectivity index (χ0n) is 10.9. The van der Waals surface area contributed by atoms with Crippen molar-refractivity contribution in [2.45, 2.75) is 13.8 Å². The Bertz CT molecular complexity index is 236. The van der Waals surface area contributed by atoms with E-state index in [1.807, 2.05) is 13.8 Å². The summed E-state index contributed by atoms with van der Waals surface area (Å²) < 4.78 is 9.36. The number of likely N-dealkylation sites (N-methyl/N-ethyl adjacent to an activating group) is 2. The summed E-state index contributed by atoms with van der Waals surface area (Å²) >= 11 is 0. The lowest BCUT2D eigenvalue weighted by Gasteiger charge is -2.14. The predicted molar refractivity (Wildman–Crippen MR) is 64.8 cm³/mol. The number of hydrazine groups is 2. The fourth-order valence-electron chi connectivity index (χ4n) is 0.945. The van der Waals surface area contributed by atoms with Crippen LogP contribution in [0.3, 0.4) is 0 Å². The Morgan fingerprint density at radius 2 is 1.22 bits per heavy atom. The second-order valence-electron chi connectivity index (χ2n) is 3.53. The molecule has 106 valence electrons. The lowest BCUT2D eigenvalue weighted by Crippen LogP contribution is -2.36. The molecule has 0 radical (unpaired) electrons. The van der Waals surface area contributed by atoms with Gasteiger partial charge in [-0.05, 0) is 0 Å². The minimum Gasteiger partial charge on any atom is -0.456 e. The highest BCUT2D eigenvalue weighted by atomic mass is 16.6. The number of nitrogens with two attached hydrogens (primary N) is 2. The van der Waals surface area contributed by atoms with E-state index in [2.05, 4.69) is 9.47 Å². The first-order valence-electron chi connectivity index (χ1n) is 5.84. The van der Waals surface area contributed by atoms with Crippen molar-refractivity contribution in [3.63, 3.8) is 0 Å². The van der Waals surface area contributed by atoms with Gasteiger partial charge in [0.25, 0.3) is 0 Å². The van der Waals surface area contributed by atoms with Gasteiger partial charge in [0.15, 0.2) is 0 Å². The van der Waals surface area contributed by atoms with E-state index in [0.717, 1.165) is 0 Å². The molecule has 0 saturated heterocycles. The molecule has 0 amide bonds. The van der Waals surface area contributed by atoms with Crippen LogP contribution in [0.15, 0.2) is 0 Å². The van der Waals surface area contributed by atoms with Crippen molar-refractivity contribution in [1.29, 1.82) is 0 Å². The molecule has 0 aromatic heterocycles. The summed E-state index contributed by atoms with van der Waals surface area (Å²) in [5.74, 6) is 8.91. The zero-order valence-corrected chi connectivity index (χ0v) is 10.9. The maximum atomic E-state index is 11.2. The number of carbonyl (C=O) groups is 2. The van der Waals surface area contributed by atoms with Crippen molar-refractivity contribution >= 4 is 11.9 Å². The average molecular weight is 262 g/mol. The Morgan fingerprint density at radius 1 is 0.889 bits per heavy atom. The third-order valence-electron chi connectivity index (χ3n) is 2.20. The van der Waals surface area contributed by atoms with E-state index in [-0.39, 0.29) is 13.2 Å².